The highest BCUT2D eigenvalue weighted by Crippen LogP contribution is 2.29. The summed E-state index contributed by atoms with van der Waals surface area (Å²) in [7, 11) is 0. The van der Waals surface area contributed by atoms with Crippen LogP contribution in [-0.2, 0) is 11.2 Å². The third-order valence-corrected chi connectivity index (χ3v) is 3.46. The van der Waals surface area contributed by atoms with Crippen LogP contribution in [0, 0.1) is 0 Å². The molecule has 1 N–H and O–H groups in total. The fourth-order valence-electron chi connectivity index (χ4n) is 2.54. The molecule has 2 rings (SSSR count). The van der Waals surface area contributed by atoms with E-state index in [9.17, 15) is 9.90 Å². The van der Waals surface area contributed by atoms with Crippen LogP contribution in [0.5, 0.6) is 5.75 Å². The van der Waals surface area contributed by atoms with Gasteiger partial charge in [0, 0.05) is 13.1 Å². The number of carbonyl (C=O) groups excluding carboxylic acids is 1. The summed E-state index contributed by atoms with van der Waals surface area (Å²) in [4.78, 5) is 13.9. The lowest BCUT2D eigenvalue weighted by Gasteiger charge is -2.27. The van der Waals surface area contributed by atoms with Gasteiger partial charge in [0.05, 0.1) is 0 Å². The molecular weight excluding hydrogens is 254 g/mol. The third kappa shape index (κ3) is 3.44. The van der Waals surface area contributed by atoms with E-state index in [0.29, 0.717) is 13.1 Å². The largest absolute Gasteiger partial charge is 0.508 e. The second kappa shape index (κ2) is 5.35. The Labute approximate surface area is 120 Å². The van der Waals surface area contributed by atoms with Crippen molar-refractivity contribution in [1.29, 1.82) is 0 Å². The van der Waals surface area contributed by atoms with E-state index in [2.05, 4.69) is 6.92 Å². The maximum atomic E-state index is 12.2. The van der Waals surface area contributed by atoms with Gasteiger partial charge in [-0.1, -0.05) is 13.0 Å². The predicted octanol–water partition coefficient (Wildman–Crippen LogP) is 3.29. The van der Waals surface area contributed by atoms with Gasteiger partial charge < -0.3 is 14.7 Å². The predicted molar refractivity (Wildman–Crippen MR) is 78.0 cm³/mol. The zero-order valence-electron chi connectivity index (χ0n) is 12.6. The van der Waals surface area contributed by atoms with Crippen LogP contribution in [0.15, 0.2) is 18.2 Å². The molecule has 4 nitrogen and oxygen atoms in total. The topological polar surface area (TPSA) is 49.8 Å². The van der Waals surface area contributed by atoms with Crippen molar-refractivity contribution in [2.45, 2.75) is 45.6 Å². The van der Waals surface area contributed by atoms with E-state index in [1.807, 2.05) is 26.8 Å². The molecule has 0 unspecified atom stereocenters. The van der Waals surface area contributed by atoms with Crippen molar-refractivity contribution in [3.05, 3.63) is 29.3 Å². The van der Waals surface area contributed by atoms with E-state index < -0.39 is 5.60 Å². The van der Waals surface area contributed by atoms with Crippen molar-refractivity contribution in [2.24, 2.45) is 0 Å². The molecule has 1 aromatic rings. The summed E-state index contributed by atoms with van der Waals surface area (Å²) in [5, 5.41) is 9.62. The molecule has 1 amide bonds. The highest BCUT2D eigenvalue weighted by atomic mass is 16.6. The fraction of sp³-hybridized carbons (Fsp3) is 0.562. The van der Waals surface area contributed by atoms with Crippen molar-refractivity contribution in [3.8, 4) is 5.75 Å². The SMILES string of the molecule is C[C@@H]1CN(C(=O)OC(C)(C)C)CCc2ccc(O)cc21. The maximum Gasteiger partial charge on any atom is 0.410 e. The molecule has 1 aliphatic heterocycles. The summed E-state index contributed by atoms with van der Waals surface area (Å²) in [5.41, 5.74) is 1.84. The normalized spacial score (nSPS) is 19.2. The standard InChI is InChI=1S/C16H23NO3/c1-11-10-17(15(19)20-16(2,3)4)8-7-12-5-6-13(18)9-14(11)12/h5-6,9,11,18H,7-8,10H2,1-4H3/t11-/m1/s1. The molecule has 110 valence electrons. The van der Waals surface area contributed by atoms with Crippen LogP contribution in [0.4, 0.5) is 4.79 Å². The van der Waals surface area contributed by atoms with Gasteiger partial charge in [-0.3, -0.25) is 0 Å². The van der Waals surface area contributed by atoms with Crippen LogP contribution in [-0.4, -0.2) is 34.8 Å². The maximum absolute atomic E-state index is 12.2. The highest BCUT2D eigenvalue weighted by Gasteiger charge is 2.27. The minimum atomic E-state index is -0.474. The third-order valence-electron chi connectivity index (χ3n) is 3.46. The van der Waals surface area contributed by atoms with E-state index in [0.717, 1.165) is 12.0 Å². The van der Waals surface area contributed by atoms with Crippen LogP contribution in [0.25, 0.3) is 0 Å². The van der Waals surface area contributed by atoms with Crippen LogP contribution >= 0.6 is 0 Å². The van der Waals surface area contributed by atoms with Crippen LogP contribution in [0.1, 0.15) is 44.7 Å². The van der Waals surface area contributed by atoms with Gasteiger partial charge in [0.1, 0.15) is 11.4 Å². The minimum absolute atomic E-state index is 0.187. The molecule has 1 aromatic carbocycles. The molecule has 20 heavy (non-hydrogen) atoms. The van der Waals surface area contributed by atoms with Crippen molar-refractivity contribution in [2.75, 3.05) is 13.1 Å². The number of carbonyl (C=O) groups is 1. The molecule has 4 heteroatoms. The van der Waals surface area contributed by atoms with Gasteiger partial charge in [-0.15, -0.1) is 0 Å². The number of rotatable bonds is 0. The first kappa shape index (κ1) is 14.7. The quantitative estimate of drug-likeness (QED) is 0.791. The molecule has 1 heterocycles. The number of ether oxygens (including phenoxy) is 1. The molecule has 0 radical (unpaired) electrons. The molecule has 0 fully saturated rings. The minimum Gasteiger partial charge on any atom is -0.508 e. The Morgan fingerprint density at radius 2 is 2.10 bits per heavy atom. The zero-order valence-corrected chi connectivity index (χ0v) is 12.6. The Hall–Kier alpha value is -1.71. The molecule has 0 spiro atoms. The average molecular weight is 277 g/mol. The zero-order chi connectivity index (χ0) is 14.9. The molecule has 0 aromatic heterocycles. The summed E-state index contributed by atoms with van der Waals surface area (Å²) in [6.07, 6.45) is 0.528. The fourth-order valence-corrected chi connectivity index (χ4v) is 2.54. The number of fused-ring (bicyclic) bond motifs is 1. The van der Waals surface area contributed by atoms with Gasteiger partial charge in [-0.05, 0) is 56.4 Å². The summed E-state index contributed by atoms with van der Waals surface area (Å²) in [5.74, 6) is 0.466. The number of nitrogens with zero attached hydrogens (tertiary/aromatic N) is 1. The molecule has 0 saturated heterocycles. The lowest BCUT2D eigenvalue weighted by Crippen LogP contribution is -2.38. The highest BCUT2D eigenvalue weighted by molar-refractivity contribution is 5.68. The lowest BCUT2D eigenvalue weighted by atomic mass is 9.95. The number of phenols is 1. The van der Waals surface area contributed by atoms with E-state index >= 15 is 0 Å². The van der Waals surface area contributed by atoms with Crippen LogP contribution < -0.4 is 0 Å². The molecule has 1 atom stereocenters. The van der Waals surface area contributed by atoms with Crippen molar-refractivity contribution in [1.82, 2.24) is 4.90 Å². The number of benzene rings is 1. The summed E-state index contributed by atoms with van der Waals surface area (Å²) in [6.45, 7) is 8.96. The summed E-state index contributed by atoms with van der Waals surface area (Å²) in [6, 6.07) is 5.45. The van der Waals surface area contributed by atoms with Gasteiger partial charge >= 0.3 is 6.09 Å². The Balaban J connectivity index is 2.15. The molecular formula is C16H23NO3. The second-order valence-electron chi connectivity index (χ2n) is 6.46. The van der Waals surface area contributed by atoms with E-state index in [1.54, 1.807) is 17.0 Å². The molecule has 0 saturated carbocycles. The summed E-state index contributed by atoms with van der Waals surface area (Å²) >= 11 is 0. The van der Waals surface area contributed by atoms with Crippen LogP contribution in [0.2, 0.25) is 0 Å². The Morgan fingerprint density at radius 3 is 2.75 bits per heavy atom. The van der Waals surface area contributed by atoms with Gasteiger partial charge in [-0.2, -0.15) is 0 Å². The van der Waals surface area contributed by atoms with Crippen molar-refractivity contribution in [3.63, 3.8) is 0 Å². The Morgan fingerprint density at radius 1 is 1.40 bits per heavy atom. The average Bonchev–Trinajstić information content (AvgIpc) is 2.47. The smallest absolute Gasteiger partial charge is 0.410 e. The first-order valence-corrected chi connectivity index (χ1v) is 7.06. The van der Waals surface area contributed by atoms with Gasteiger partial charge in [0.15, 0.2) is 0 Å². The lowest BCUT2D eigenvalue weighted by molar-refractivity contribution is 0.0248. The first-order chi connectivity index (χ1) is 9.26. The Kier molecular flexibility index (Phi) is 3.93. The van der Waals surface area contributed by atoms with Gasteiger partial charge in [-0.25, -0.2) is 4.79 Å². The van der Waals surface area contributed by atoms with Gasteiger partial charge in [0.25, 0.3) is 0 Å². The summed E-state index contributed by atoms with van der Waals surface area (Å²) < 4.78 is 5.44. The first-order valence-electron chi connectivity index (χ1n) is 7.06. The van der Waals surface area contributed by atoms with Crippen molar-refractivity contribution < 1.29 is 14.6 Å². The number of aromatic hydroxyl groups is 1. The van der Waals surface area contributed by atoms with E-state index in [4.69, 9.17) is 4.74 Å². The van der Waals surface area contributed by atoms with E-state index in [-0.39, 0.29) is 17.8 Å². The molecule has 1 aliphatic rings. The van der Waals surface area contributed by atoms with E-state index in [1.165, 1.54) is 5.56 Å². The van der Waals surface area contributed by atoms with Crippen molar-refractivity contribution >= 4 is 6.09 Å². The monoisotopic (exact) mass is 277 g/mol. The number of amides is 1. The Bertz CT molecular complexity index is 505. The van der Waals surface area contributed by atoms with Crippen LogP contribution in [0.3, 0.4) is 0 Å². The molecule has 0 aliphatic carbocycles. The molecule has 0 bridgehead atoms. The number of hydrogen-bond donors (Lipinski definition) is 1. The number of hydrogen-bond acceptors (Lipinski definition) is 3. The van der Waals surface area contributed by atoms with Gasteiger partial charge in [0.2, 0.25) is 0 Å². The second-order valence-corrected chi connectivity index (χ2v) is 6.46. The number of phenolic OH excluding ortho intramolecular Hbond substituents is 1.